The van der Waals surface area contributed by atoms with Gasteiger partial charge < -0.3 is 4.90 Å². The van der Waals surface area contributed by atoms with Crippen LogP contribution in [0.25, 0.3) is 11.4 Å². The van der Waals surface area contributed by atoms with Gasteiger partial charge in [0.1, 0.15) is 0 Å². The molecule has 0 aliphatic carbocycles. The second-order valence-electron chi connectivity index (χ2n) is 7.23. The topological polar surface area (TPSA) is 68.3 Å². The van der Waals surface area contributed by atoms with E-state index in [0.717, 1.165) is 42.6 Å². The van der Waals surface area contributed by atoms with Crippen LogP contribution < -0.4 is 5.76 Å². The molecule has 1 aliphatic heterocycles. The van der Waals surface area contributed by atoms with Crippen LogP contribution in [0.5, 0.6) is 0 Å². The molecule has 6 heteroatoms. The van der Waals surface area contributed by atoms with E-state index in [1.165, 1.54) is 11.0 Å². The molecule has 0 atom stereocenters. The van der Waals surface area contributed by atoms with E-state index >= 15 is 0 Å². The molecule has 144 valence electrons. The fourth-order valence-electron chi connectivity index (χ4n) is 3.69. The maximum atomic E-state index is 12.8. The molecule has 1 amide bonds. The van der Waals surface area contributed by atoms with E-state index in [-0.39, 0.29) is 5.91 Å². The van der Waals surface area contributed by atoms with Crippen LogP contribution >= 0.6 is 0 Å². The van der Waals surface area contributed by atoms with Crippen molar-refractivity contribution in [1.29, 1.82) is 0 Å². The standard InChI is InChI=1S/C22H23N3O3/c1-16-8-3-4-11-19(16)20-23-28-22(27)25(20)15-17-9-7-10-18(14-17)21(26)24-12-5-2-6-13-24/h3-4,7-11,14H,2,5-6,12-13,15H2,1H3. The van der Waals surface area contributed by atoms with Crippen molar-refractivity contribution < 1.29 is 9.32 Å². The zero-order chi connectivity index (χ0) is 19.5. The summed E-state index contributed by atoms with van der Waals surface area (Å²) in [5.41, 5.74) is 3.39. The van der Waals surface area contributed by atoms with Crippen molar-refractivity contribution in [1.82, 2.24) is 14.6 Å². The highest BCUT2D eigenvalue weighted by Crippen LogP contribution is 2.21. The first kappa shape index (κ1) is 18.2. The highest BCUT2D eigenvalue weighted by Gasteiger charge is 2.19. The lowest BCUT2D eigenvalue weighted by Gasteiger charge is -2.26. The van der Waals surface area contributed by atoms with Crippen molar-refractivity contribution in [3.05, 3.63) is 75.8 Å². The Morgan fingerprint density at radius 1 is 1.07 bits per heavy atom. The summed E-state index contributed by atoms with van der Waals surface area (Å²) in [5.74, 6) is 0.0419. The molecule has 0 bridgehead atoms. The van der Waals surface area contributed by atoms with E-state index < -0.39 is 5.76 Å². The van der Waals surface area contributed by atoms with Crippen LogP contribution in [0.2, 0.25) is 0 Å². The number of carbonyl (C=O) groups excluding carboxylic acids is 1. The Bertz CT molecular complexity index is 1040. The van der Waals surface area contributed by atoms with Crippen LogP contribution in [-0.2, 0) is 6.54 Å². The lowest BCUT2D eigenvalue weighted by atomic mass is 10.1. The summed E-state index contributed by atoms with van der Waals surface area (Å²) in [6, 6.07) is 15.2. The van der Waals surface area contributed by atoms with E-state index in [0.29, 0.717) is 17.9 Å². The predicted molar refractivity (Wildman–Crippen MR) is 106 cm³/mol. The Hall–Kier alpha value is -3.15. The number of likely N-dealkylation sites (tertiary alicyclic amines) is 1. The number of carbonyl (C=O) groups is 1. The lowest BCUT2D eigenvalue weighted by molar-refractivity contribution is 0.0724. The fraction of sp³-hybridized carbons (Fsp3) is 0.318. The SMILES string of the molecule is Cc1ccccc1-c1noc(=O)n1Cc1cccc(C(=O)N2CCCCC2)c1. The molecule has 1 aromatic heterocycles. The summed E-state index contributed by atoms with van der Waals surface area (Å²) in [5, 5.41) is 3.97. The van der Waals surface area contributed by atoms with E-state index in [1.807, 2.05) is 60.4 Å². The Labute approximate surface area is 163 Å². The van der Waals surface area contributed by atoms with Crippen LogP contribution in [-0.4, -0.2) is 33.6 Å². The highest BCUT2D eigenvalue weighted by molar-refractivity contribution is 5.94. The number of amides is 1. The Kier molecular flexibility index (Phi) is 5.10. The zero-order valence-electron chi connectivity index (χ0n) is 15.9. The third-order valence-electron chi connectivity index (χ3n) is 5.23. The van der Waals surface area contributed by atoms with E-state index in [2.05, 4.69) is 5.16 Å². The predicted octanol–water partition coefficient (Wildman–Crippen LogP) is 3.49. The van der Waals surface area contributed by atoms with Crippen LogP contribution in [0.1, 0.15) is 40.7 Å². The lowest BCUT2D eigenvalue weighted by Crippen LogP contribution is -2.35. The number of aromatic nitrogens is 2. The minimum Gasteiger partial charge on any atom is -0.339 e. The maximum Gasteiger partial charge on any atom is 0.442 e. The van der Waals surface area contributed by atoms with Gasteiger partial charge in [0.15, 0.2) is 5.82 Å². The van der Waals surface area contributed by atoms with Gasteiger partial charge in [-0.15, -0.1) is 0 Å². The van der Waals surface area contributed by atoms with E-state index in [9.17, 15) is 9.59 Å². The summed E-state index contributed by atoms with van der Waals surface area (Å²) in [4.78, 5) is 26.9. The van der Waals surface area contributed by atoms with Crippen LogP contribution in [0.4, 0.5) is 0 Å². The Balaban J connectivity index is 1.62. The summed E-state index contributed by atoms with van der Waals surface area (Å²) < 4.78 is 6.44. The Morgan fingerprint density at radius 3 is 2.64 bits per heavy atom. The molecule has 0 radical (unpaired) electrons. The first-order valence-electron chi connectivity index (χ1n) is 9.64. The number of rotatable bonds is 4. The van der Waals surface area contributed by atoms with Gasteiger partial charge in [0.25, 0.3) is 5.91 Å². The van der Waals surface area contributed by atoms with Crippen molar-refractivity contribution in [2.24, 2.45) is 0 Å². The van der Waals surface area contributed by atoms with Gasteiger partial charge in [-0.2, -0.15) is 0 Å². The molecule has 28 heavy (non-hydrogen) atoms. The molecule has 1 fully saturated rings. The molecule has 1 aliphatic rings. The first-order valence-corrected chi connectivity index (χ1v) is 9.64. The summed E-state index contributed by atoms with van der Waals surface area (Å²) >= 11 is 0. The van der Waals surface area contributed by atoms with Gasteiger partial charge in [0, 0.05) is 24.2 Å². The van der Waals surface area contributed by atoms with Crippen LogP contribution in [0.3, 0.4) is 0 Å². The monoisotopic (exact) mass is 377 g/mol. The zero-order valence-corrected chi connectivity index (χ0v) is 15.9. The largest absolute Gasteiger partial charge is 0.442 e. The third kappa shape index (κ3) is 3.63. The van der Waals surface area contributed by atoms with Crippen molar-refractivity contribution in [2.75, 3.05) is 13.1 Å². The average molecular weight is 377 g/mol. The van der Waals surface area contributed by atoms with E-state index in [1.54, 1.807) is 0 Å². The molecule has 2 aromatic carbocycles. The van der Waals surface area contributed by atoms with Gasteiger partial charge in [-0.05, 0) is 49.4 Å². The molecule has 4 rings (SSSR count). The highest BCUT2D eigenvalue weighted by atomic mass is 16.5. The number of nitrogens with zero attached hydrogens (tertiary/aromatic N) is 3. The van der Waals surface area contributed by atoms with Crippen molar-refractivity contribution in [3.63, 3.8) is 0 Å². The van der Waals surface area contributed by atoms with Gasteiger partial charge in [-0.1, -0.05) is 41.6 Å². The summed E-state index contributed by atoms with van der Waals surface area (Å²) in [6.07, 6.45) is 3.30. The second-order valence-corrected chi connectivity index (χ2v) is 7.23. The minimum atomic E-state index is -0.508. The van der Waals surface area contributed by atoms with E-state index in [4.69, 9.17) is 4.52 Å². The molecule has 0 N–H and O–H groups in total. The van der Waals surface area contributed by atoms with Gasteiger partial charge >= 0.3 is 5.76 Å². The van der Waals surface area contributed by atoms with Crippen molar-refractivity contribution >= 4 is 5.91 Å². The number of hydrogen-bond acceptors (Lipinski definition) is 4. The average Bonchev–Trinajstić information content (AvgIpc) is 3.09. The van der Waals surface area contributed by atoms with Gasteiger partial charge in [0.2, 0.25) is 0 Å². The molecule has 0 unspecified atom stereocenters. The number of hydrogen-bond donors (Lipinski definition) is 0. The van der Waals surface area contributed by atoms with Gasteiger partial charge in [-0.3, -0.25) is 13.9 Å². The molecule has 0 saturated carbocycles. The second kappa shape index (κ2) is 7.84. The molecule has 1 saturated heterocycles. The normalized spacial score (nSPS) is 14.2. The van der Waals surface area contributed by atoms with Crippen molar-refractivity contribution in [3.8, 4) is 11.4 Å². The molecule has 3 aromatic rings. The molecular weight excluding hydrogens is 354 g/mol. The third-order valence-corrected chi connectivity index (χ3v) is 5.23. The minimum absolute atomic E-state index is 0.0540. The van der Waals surface area contributed by atoms with Crippen LogP contribution in [0, 0.1) is 6.92 Å². The van der Waals surface area contributed by atoms with Gasteiger partial charge in [0.05, 0.1) is 6.54 Å². The molecule has 2 heterocycles. The molecular formula is C22H23N3O3. The number of aryl methyl sites for hydroxylation is 1. The first-order chi connectivity index (χ1) is 13.6. The number of benzene rings is 2. The van der Waals surface area contributed by atoms with Crippen molar-refractivity contribution in [2.45, 2.75) is 32.7 Å². The molecule has 6 nitrogen and oxygen atoms in total. The summed E-state index contributed by atoms with van der Waals surface area (Å²) in [7, 11) is 0. The van der Waals surface area contributed by atoms with Gasteiger partial charge in [-0.25, -0.2) is 4.79 Å². The fourth-order valence-corrected chi connectivity index (χ4v) is 3.69. The smallest absolute Gasteiger partial charge is 0.339 e. The van der Waals surface area contributed by atoms with Crippen LogP contribution in [0.15, 0.2) is 57.8 Å². The summed E-state index contributed by atoms with van der Waals surface area (Å²) in [6.45, 7) is 3.89. The maximum absolute atomic E-state index is 12.8. The molecule has 0 spiro atoms. The Morgan fingerprint density at radius 2 is 1.86 bits per heavy atom. The quantitative estimate of drug-likeness (QED) is 0.698. The number of piperidine rings is 1.